The number of aromatic nitrogens is 4. The summed E-state index contributed by atoms with van der Waals surface area (Å²) in [5.74, 6) is -1.05. The summed E-state index contributed by atoms with van der Waals surface area (Å²) in [5, 5.41) is 20.2. The van der Waals surface area contributed by atoms with Crippen molar-refractivity contribution in [3.8, 4) is 5.75 Å². The van der Waals surface area contributed by atoms with Crippen LogP contribution < -0.4 is 4.74 Å². The van der Waals surface area contributed by atoms with Crippen molar-refractivity contribution in [2.24, 2.45) is 0 Å². The van der Waals surface area contributed by atoms with Gasteiger partial charge in [-0.2, -0.15) is 13.6 Å². The maximum absolute atomic E-state index is 12.3. The number of rotatable bonds is 8. The number of tetrazole rings is 1. The van der Waals surface area contributed by atoms with Crippen LogP contribution in [-0.2, 0) is 20.9 Å². The number of carbonyl (C=O) groups excluding carboxylic acids is 1. The van der Waals surface area contributed by atoms with Gasteiger partial charge in [0.1, 0.15) is 5.75 Å². The number of carboxylic acids is 1. The highest BCUT2D eigenvalue weighted by atomic mass is 19.3. The molecule has 0 saturated heterocycles. The molecule has 2 rings (SSSR count). The van der Waals surface area contributed by atoms with Crippen LogP contribution in [0.15, 0.2) is 36.9 Å². The highest BCUT2D eigenvalue weighted by Crippen LogP contribution is 2.21. The zero-order chi connectivity index (χ0) is 21.8. The van der Waals surface area contributed by atoms with Crippen molar-refractivity contribution < 1.29 is 33.0 Å². The molecule has 0 bridgehead atoms. The second-order valence-corrected chi connectivity index (χ2v) is 5.23. The SMILES string of the molecule is C=CC(=O)OCC.Cc1nnn(Cc2cc(OC(F)F)ccc2C=CC(=O)O)n1. The molecular formula is C18H20F2N4O5. The summed E-state index contributed by atoms with van der Waals surface area (Å²) in [6.07, 6.45) is 3.45. The van der Waals surface area contributed by atoms with E-state index in [1.807, 2.05) is 0 Å². The van der Waals surface area contributed by atoms with Crippen LogP contribution in [-0.4, -0.2) is 50.5 Å². The Balaban J connectivity index is 0.000000516. The number of aliphatic carboxylic acids is 1. The van der Waals surface area contributed by atoms with Gasteiger partial charge in [-0.3, -0.25) is 0 Å². The van der Waals surface area contributed by atoms with E-state index < -0.39 is 12.6 Å². The quantitative estimate of drug-likeness (QED) is 0.521. The summed E-state index contributed by atoms with van der Waals surface area (Å²) in [5.41, 5.74) is 1.05. The largest absolute Gasteiger partial charge is 0.478 e. The standard InChI is InChI=1S/C13H12F2N4O3.C5H8O2/c1-8-16-18-19(17-8)7-10-6-11(22-13(14)15)4-2-9(10)3-5-12(20)21;1-3-5(6)7-4-2/h2-6,13H,7H2,1H3,(H,20,21);3H,1,4H2,2H3. The van der Waals surface area contributed by atoms with E-state index in [1.54, 1.807) is 13.8 Å². The number of carbonyl (C=O) groups is 2. The van der Waals surface area contributed by atoms with E-state index in [0.717, 1.165) is 12.2 Å². The molecule has 11 heteroatoms. The first-order valence-corrected chi connectivity index (χ1v) is 8.27. The summed E-state index contributed by atoms with van der Waals surface area (Å²) in [4.78, 5) is 22.0. The van der Waals surface area contributed by atoms with Gasteiger partial charge in [0.05, 0.1) is 13.2 Å². The van der Waals surface area contributed by atoms with Crippen LogP contribution in [0, 0.1) is 6.92 Å². The molecule has 0 atom stereocenters. The second kappa shape index (κ2) is 12.0. The molecule has 0 spiro atoms. The van der Waals surface area contributed by atoms with Gasteiger partial charge in [0, 0.05) is 12.2 Å². The zero-order valence-corrected chi connectivity index (χ0v) is 15.8. The van der Waals surface area contributed by atoms with E-state index in [0.29, 0.717) is 23.6 Å². The van der Waals surface area contributed by atoms with Gasteiger partial charge in [0.15, 0.2) is 5.82 Å². The Labute approximate surface area is 165 Å². The fraction of sp³-hybridized carbons (Fsp3) is 0.278. The highest BCUT2D eigenvalue weighted by molar-refractivity contribution is 5.85. The van der Waals surface area contributed by atoms with E-state index in [-0.39, 0.29) is 18.3 Å². The number of alkyl halides is 2. The Kier molecular flexibility index (Phi) is 9.65. The van der Waals surface area contributed by atoms with Crippen LogP contribution in [0.3, 0.4) is 0 Å². The molecule has 0 unspecified atom stereocenters. The summed E-state index contributed by atoms with van der Waals surface area (Å²) in [6, 6.07) is 4.19. The van der Waals surface area contributed by atoms with Crippen molar-refractivity contribution in [2.75, 3.05) is 6.61 Å². The van der Waals surface area contributed by atoms with Crippen LogP contribution in [0.5, 0.6) is 5.75 Å². The van der Waals surface area contributed by atoms with E-state index >= 15 is 0 Å². The molecule has 1 N–H and O–H groups in total. The fourth-order valence-electron chi connectivity index (χ4n) is 1.96. The van der Waals surface area contributed by atoms with Crippen LogP contribution in [0.25, 0.3) is 6.08 Å². The third kappa shape index (κ3) is 9.22. The Bertz CT molecular complexity index is 868. The lowest BCUT2D eigenvalue weighted by atomic mass is 10.1. The van der Waals surface area contributed by atoms with Gasteiger partial charge < -0.3 is 14.6 Å². The second-order valence-electron chi connectivity index (χ2n) is 5.23. The lowest BCUT2D eigenvalue weighted by molar-refractivity contribution is -0.137. The first kappa shape index (κ1) is 23.4. The molecule has 1 aromatic heterocycles. The number of carboxylic acid groups (broad SMARTS) is 1. The molecule has 0 aliphatic carbocycles. The number of benzene rings is 1. The fourth-order valence-corrected chi connectivity index (χ4v) is 1.96. The molecule has 2 aromatic rings. The minimum absolute atomic E-state index is 0.0330. The van der Waals surface area contributed by atoms with Crippen molar-refractivity contribution in [3.63, 3.8) is 0 Å². The van der Waals surface area contributed by atoms with Crippen molar-refractivity contribution in [1.29, 1.82) is 0 Å². The number of aryl methyl sites for hydroxylation is 1. The van der Waals surface area contributed by atoms with Crippen LogP contribution in [0.4, 0.5) is 8.78 Å². The average Bonchev–Trinajstić information content (AvgIpc) is 3.06. The molecule has 156 valence electrons. The third-order valence-electron chi connectivity index (χ3n) is 3.06. The molecule has 0 amide bonds. The molecule has 1 heterocycles. The molecular weight excluding hydrogens is 390 g/mol. The van der Waals surface area contributed by atoms with Gasteiger partial charge in [-0.15, -0.1) is 10.2 Å². The molecule has 0 fully saturated rings. The van der Waals surface area contributed by atoms with E-state index in [9.17, 15) is 18.4 Å². The summed E-state index contributed by atoms with van der Waals surface area (Å²) in [6.45, 7) is 4.23. The van der Waals surface area contributed by atoms with Gasteiger partial charge in [0.2, 0.25) is 0 Å². The molecule has 9 nitrogen and oxygen atoms in total. The first-order valence-electron chi connectivity index (χ1n) is 8.27. The zero-order valence-electron chi connectivity index (χ0n) is 15.8. The maximum Gasteiger partial charge on any atom is 0.387 e. The molecule has 1 aromatic carbocycles. The van der Waals surface area contributed by atoms with Crippen molar-refractivity contribution >= 4 is 18.0 Å². The van der Waals surface area contributed by atoms with E-state index in [2.05, 4.69) is 31.5 Å². The van der Waals surface area contributed by atoms with Crippen molar-refractivity contribution in [3.05, 3.63) is 53.9 Å². The Morgan fingerprint density at radius 1 is 1.38 bits per heavy atom. The highest BCUT2D eigenvalue weighted by Gasteiger charge is 2.09. The van der Waals surface area contributed by atoms with Gasteiger partial charge in [-0.25, -0.2) is 9.59 Å². The smallest absolute Gasteiger partial charge is 0.387 e. The van der Waals surface area contributed by atoms with E-state index in [4.69, 9.17) is 5.11 Å². The summed E-state index contributed by atoms with van der Waals surface area (Å²) in [7, 11) is 0. The number of esters is 1. The van der Waals surface area contributed by atoms with Crippen LogP contribution in [0.2, 0.25) is 0 Å². The Hall–Kier alpha value is -3.63. The third-order valence-corrected chi connectivity index (χ3v) is 3.06. The Morgan fingerprint density at radius 2 is 2.10 bits per heavy atom. The number of ether oxygens (including phenoxy) is 2. The molecule has 0 aliphatic heterocycles. The predicted octanol–water partition coefficient (Wildman–Crippen LogP) is 2.46. The monoisotopic (exact) mass is 410 g/mol. The lowest BCUT2D eigenvalue weighted by Crippen LogP contribution is -2.07. The molecule has 0 aliphatic rings. The minimum atomic E-state index is -2.94. The maximum atomic E-state index is 12.3. The average molecular weight is 410 g/mol. The van der Waals surface area contributed by atoms with E-state index in [1.165, 1.54) is 29.1 Å². The number of hydrogen-bond donors (Lipinski definition) is 1. The molecule has 0 radical (unpaired) electrons. The lowest BCUT2D eigenvalue weighted by Gasteiger charge is -2.09. The van der Waals surface area contributed by atoms with Crippen LogP contribution in [0.1, 0.15) is 23.9 Å². The van der Waals surface area contributed by atoms with Crippen LogP contribution >= 0.6 is 0 Å². The van der Waals surface area contributed by atoms with Gasteiger partial charge >= 0.3 is 18.6 Å². The minimum Gasteiger partial charge on any atom is -0.478 e. The van der Waals surface area contributed by atoms with Gasteiger partial charge in [-0.1, -0.05) is 12.6 Å². The summed E-state index contributed by atoms with van der Waals surface area (Å²) >= 11 is 0. The Morgan fingerprint density at radius 3 is 2.59 bits per heavy atom. The summed E-state index contributed by atoms with van der Waals surface area (Å²) < 4.78 is 33.3. The normalized spacial score (nSPS) is 10.4. The number of hydrogen-bond acceptors (Lipinski definition) is 7. The first-order chi connectivity index (χ1) is 13.7. The van der Waals surface area contributed by atoms with Gasteiger partial charge in [-0.05, 0) is 48.4 Å². The number of nitrogens with zero attached hydrogens (tertiary/aromatic N) is 4. The molecule has 29 heavy (non-hydrogen) atoms. The molecule has 0 saturated carbocycles. The van der Waals surface area contributed by atoms with Gasteiger partial charge in [0.25, 0.3) is 0 Å². The van der Waals surface area contributed by atoms with Crippen molar-refractivity contribution in [1.82, 2.24) is 20.2 Å². The van der Waals surface area contributed by atoms with Crippen molar-refractivity contribution in [2.45, 2.75) is 27.0 Å². The predicted molar refractivity (Wildman–Crippen MR) is 98.2 cm³/mol. The number of halogens is 2. The topological polar surface area (TPSA) is 116 Å².